The molecule has 0 aliphatic carbocycles. The van der Waals surface area contributed by atoms with E-state index in [1.807, 2.05) is 18.2 Å². The highest BCUT2D eigenvalue weighted by atomic mass is 35.5. The molecule has 0 amide bonds. The van der Waals surface area contributed by atoms with Crippen molar-refractivity contribution in [1.82, 2.24) is 9.78 Å². The van der Waals surface area contributed by atoms with Crippen LogP contribution in [0.15, 0.2) is 41.3 Å². The summed E-state index contributed by atoms with van der Waals surface area (Å²) >= 11 is 6.22. The van der Waals surface area contributed by atoms with Crippen LogP contribution in [-0.2, 0) is 7.05 Å². The van der Waals surface area contributed by atoms with E-state index in [0.29, 0.717) is 0 Å². The molecule has 0 spiro atoms. The zero-order chi connectivity index (χ0) is 14.1. The van der Waals surface area contributed by atoms with E-state index in [2.05, 4.69) is 22.1 Å². The molecule has 1 fully saturated rings. The van der Waals surface area contributed by atoms with Gasteiger partial charge in [-0.1, -0.05) is 41.9 Å². The molecule has 0 bridgehead atoms. The number of aryl methyl sites for hydroxylation is 1. The van der Waals surface area contributed by atoms with E-state index in [-0.39, 0.29) is 16.6 Å². The Morgan fingerprint density at radius 2 is 2.05 bits per heavy atom. The molecule has 1 atom stereocenters. The van der Waals surface area contributed by atoms with Crippen molar-refractivity contribution in [2.24, 2.45) is 7.05 Å². The third kappa shape index (κ3) is 2.20. The molecule has 1 unspecified atom stereocenters. The van der Waals surface area contributed by atoms with Gasteiger partial charge < -0.3 is 4.90 Å². The first-order valence-electron chi connectivity index (χ1n) is 6.72. The number of aromatic nitrogens is 2. The van der Waals surface area contributed by atoms with E-state index in [4.69, 9.17) is 11.6 Å². The number of hydrogen-bond donors (Lipinski definition) is 0. The molecule has 0 radical (unpaired) electrons. The van der Waals surface area contributed by atoms with Crippen molar-refractivity contribution in [3.05, 3.63) is 57.5 Å². The second kappa shape index (κ2) is 5.29. The largest absolute Gasteiger partial charge is 0.362 e. The molecule has 0 N–H and O–H groups in total. The summed E-state index contributed by atoms with van der Waals surface area (Å²) in [7, 11) is 1.61. The summed E-state index contributed by atoms with van der Waals surface area (Å²) in [5.74, 6) is 0. The van der Waals surface area contributed by atoms with Crippen molar-refractivity contribution in [3.8, 4) is 0 Å². The number of nitrogens with zero attached hydrogens (tertiary/aromatic N) is 3. The van der Waals surface area contributed by atoms with Crippen LogP contribution in [0.2, 0.25) is 5.02 Å². The van der Waals surface area contributed by atoms with Crippen LogP contribution in [0.5, 0.6) is 0 Å². The van der Waals surface area contributed by atoms with E-state index in [9.17, 15) is 4.79 Å². The first-order valence-corrected chi connectivity index (χ1v) is 7.09. The van der Waals surface area contributed by atoms with Crippen molar-refractivity contribution in [1.29, 1.82) is 0 Å². The highest BCUT2D eigenvalue weighted by Gasteiger charge is 2.28. The zero-order valence-electron chi connectivity index (χ0n) is 11.3. The van der Waals surface area contributed by atoms with Gasteiger partial charge in [-0.2, -0.15) is 5.10 Å². The Balaban J connectivity index is 2.02. The number of hydrogen-bond acceptors (Lipinski definition) is 3. The van der Waals surface area contributed by atoms with Crippen molar-refractivity contribution >= 4 is 17.3 Å². The monoisotopic (exact) mass is 289 g/mol. The number of benzene rings is 1. The Kier molecular flexibility index (Phi) is 3.49. The van der Waals surface area contributed by atoms with Crippen LogP contribution in [0.25, 0.3) is 0 Å². The lowest BCUT2D eigenvalue weighted by atomic mass is 10.0. The summed E-state index contributed by atoms with van der Waals surface area (Å²) in [6.45, 7) is 0.897. The minimum atomic E-state index is -0.247. The van der Waals surface area contributed by atoms with Gasteiger partial charge in [0.25, 0.3) is 5.56 Å². The molecule has 1 aromatic carbocycles. The van der Waals surface area contributed by atoms with Gasteiger partial charge in [-0.15, -0.1) is 0 Å². The van der Waals surface area contributed by atoms with Crippen LogP contribution in [0.4, 0.5) is 5.69 Å². The quantitative estimate of drug-likeness (QED) is 0.853. The van der Waals surface area contributed by atoms with Gasteiger partial charge in [0.15, 0.2) is 0 Å². The van der Waals surface area contributed by atoms with Gasteiger partial charge >= 0.3 is 0 Å². The molecule has 4 nitrogen and oxygen atoms in total. The van der Waals surface area contributed by atoms with Gasteiger partial charge in [0, 0.05) is 13.6 Å². The molecule has 1 saturated heterocycles. The van der Waals surface area contributed by atoms with Crippen LogP contribution in [0.1, 0.15) is 24.4 Å². The smallest absolute Gasteiger partial charge is 0.287 e. The fourth-order valence-corrected chi connectivity index (χ4v) is 3.06. The molecular weight excluding hydrogens is 274 g/mol. The van der Waals surface area contributed by atoms with E-state index >= 15 is 0 Å². The summed E-state index contributed by atoms with van der Waals surface area (Å²) in [5.41, 5.74) is 1.74. The Morgan fingerprint density at radius 1 is 1.30 bits per heavy atom. The molecular formula is C15H16ClN3O. The van der Waals surface area contributed by atoms with Crippen LogP contribution in [0.3, 0.4) is 0 Å². The third-order valence-electron chi connectivity index (χ3n) is 3.81. The van der Waals surface area contributed by atoms with E-state index in [0.717, 1.165) is 25.1 Å². The minimum Gasteiger partial charge on any atom is -0.362 e. The Bertz CT molecular complexity index is 669. The second-order valence-electron chi connectivity index (χ2n) is 5.03. The lowest BCUT2D eigenvalue weighted by Gasteiger charge is -2.27. The fraction of sp³-hybridized carbons (Fsp3) is 0.333. The second-order valence-corrected chi connectivity index (χ2v) is 5.41. The fourth-order valence-electron chi connectivity index (χ4n) is 2.78. The summed E-state index contributed by atoms with van der Waals surface area (Å²) in [6, 6.07) is 10.6. The zero-order valence-corrected chi connectivity index (χ0v) is 12.0. The van der Waals surface area contributed by atoms with Gasteiger partial charge in [-0.25, -0.2) is 4.68 Å². The first kappa shape index (κ1) is 13.2. The molecule has 1 aliphatic rings. The molecule has 5 heteroatoms. The molecule has 1 aliphatic heterocycles. The standard InChI is InChI=1S/C15H16ClN3O/c1-18-15(20)14(16)13(10-17-18)19-9-5-8-12(19)11-6-3-2-4-7-11/h2-4,6-7,10,12H,5,8-9H2,1H3. The molecule has 0 saturated carbocycles. The maximum Gasteiger partial charge on any atom is 0.287 e. The van der Waals surface area contributed by atoms with Crippen LogP contribution in [0, 0.1) is 0 Å². The lowest BCUT2D eigenvalue weighted by Crippen LogP contribution is -2.28. The Hall–Kier alpha value is -1.81. The van der Waals surface area contributed by atoms with Crippen LogP contribution in [-0.4, -0.2) is 16.3 Å². The topological polar surface area (TPSA) is 38.1 Å². The van der Waals surface area contributed by atoms with Gasteiger partial charge in [0.1, 0.15) is 5.02 Å². The highest BCUT2D eigenvalue weighted by Crippen LogP contribution is 2.37. The van der Waals surface area contributed by atoms with Crippen LogP contribution < -0.4 is 10.5 Å². The highest BCUT2D eigenvalue weighted by molar-refractivity contribution is 6.33. The maximum absolute atomic E-state index is 11.9. The lowest BCUT2D eigenvalue weighted by molar-refractivity contribution is 0.685. The van der Waals surface area contributed by atoms with E-state index < -0.39 is 0 Å². The maximum atomic E-state index is 11.9. The SMILES string of the molecule is Cn1ncc(N2CCCC2c2ccccc2)c(Cl)c1=O. The van der Waals surface area contributed by atoms with Gasteiger partial charge in [-0.05, 0) is 18.4 Å². The van der Waals surface area contributed by atoms with E-state index in [1.54, 1.807) is 13.2 Å². The molecule has 104 valence electrons. The molecule has 2 aromatic rings. The predicted molar refractivity (Wildman–Crippen MR) is 80.3 cm³/mol. The summed E-state index contributed by atoms with van der Waals surface area (Å²) in [4.78, 5) is 14.1. The predicted octanol–water partition coefficient (Wildman–Crippen LogP) is 2.78. The van der Waals surface area contributed by atoms with E-state index in [1.165, 1.54) is 10.2 Å². The Labute approximate surface area is 122 Å². The summed E-state index contributed by atoms with van der Waals surface area (Å²) < 4.78 is 1.26. The molecule has 20 heavy (non-hydrogen) atoms. The van der Waals surface area contributed by atoms with Gasteiger partial charge in [0.2, 0.25) is 0 Å². The number of anilines is 1. The van der Waals surface area contributed by atoms with Crippen LogP contribution >= 0.6 is 11.6 Å². The van der Waals surface area contributed by atoms with Crippen molar-refractivity contribution in [2.75, 3.05) is 11.4 Å². The summed E-state index contributed by atoms with van der Waals surface area (Å²) in [5, 5.41) is 4.35. The Morgan fingerprint density at radius 3 is 2.80 bits per heavy atom. The average Bonchev–Trinajstić information content (AvgIpc) is 2.95. The summed E-state index contributed by atoms with van der Waals surface area (Å²) in [6.07, 6.45) is 3.84. The first-order chi connectivity index (χ1) is 9.68. The van der Waals surface area contributed by atoms with Crippen molar-refractivity contribution in [2.45, 2.75) is 18.9 Å². The normalized spacial score (nSPS) is 18.5. The van der Waals surface area contributed by atoms with Gasteiger partial charge in [-0.3, -0.25) is 4.79 Å². The number of rotatable bonds is 2. The number of halogens is 1. The van der Waals surface area contributed by atoms with Crippen molar-refractivity contribution in [3.63, 3.8) is 0 Å². The molecule has 2 heterocycles. The molecule has 1 aromatic heterocycles. The van der Waals surface area contributed by atoms with Crippen molar-refractivity contribution < 1.29 is 0 Å². The van der Waals surface area contributed by atoms with Gasteiger partial charge in [0.05, 0.1) is 17.9 Å². The average molecular weight is 290 g/mol. The molecule has 3 rings (SSSR count). The third-order valence-corrected chi connectivity index (χ3v) is 4.16. The minimum absolute atomic E-state index is 0.247.